The van der Waals surface area contributed by atoms with Gasteiger partial charge in [0.1, 0.15) is 11.5 Å². The molecule has 0 radical (unpaired) electrons. The Bertz CT molecular complexity index is 1310. The molecule has 1 aliphatic heterocycles. The highest BCUT2D eigenvalue weighted by molar-refractivity contribution is 5.65. The molecule has 3 aromatic heterocycles. The number of aromatic nitrogens is 6. The lowest BCUT2D eigenvalue weighted by Gasteiger charge is -2.37. The molecule has 1 N–H and O–H groups in total. The molecule has 1 fully saturated rings. The highest BCUT2D eigenvalue weighted by Gasteiger charge is 2.22. The largest absolute Gasteiger partial charge is 0.415 e. The van der Waals surface area contributed by atoms with Crippen LogP contribution < -0.4 is 10.2 Å². The summed E-state index contributed by atoms with van der Waals surface area (Å²) in [4.78, 5) is 6.43. The third-order valence-electron chi connectivity index (χ3n) is 5.71. The molecule has 0 unspecified atom stereocenters. The van der Waals surface area contributed by atoms with Crippen molar-refractivity contribution >= 4 is 5.69 Å². The van der Waals surface area contributed by atoms with Crippen LogP contribution in [0.5, 0.6) is 0 Å². The van der Waals surface area contributed by atoms with Gasteiger partial charge in [0, 0.05) is 42.6 Å². The van der Waals surface area contributed by atoms with Crippen LogP contribution in [0.15, 0.2) is 47.1 Å². The van der Waals surface area contributed by atoms with Crippen molar-refractivity contribution in [3.8, 4) is 22.7 Å². The Morgan fingerprint density at radius 2 is 1.89 bits per heavy atom. The van der Waals surface area contributed by atoms with E-state index in [1.165, 1.54) is 10.9 Å². The number of nitrogens with one attached hydrogen (secondary N) is 1. The SMILES string of the molecule is C[C@@H]1CN(c2cccc(-c3cn(Cc4ncc(-c5nnc(C(F)F)o5)cc4F)nn3)c2)C[C@H](C)N1. The molecule has 35 heavy (non-hydrogen) atoms. The van der Waals surface area contributed by atoms with E-state index in [4.69, 9.17) is 4.42 Å². The fourth-order valence-electron chi connectivity index (χ4n) is 4.20. The van der Waals surface area contributed by atoms with E-state index in [-0.39, 0.29) is 23.7 Å². The number of halogens is 3. The van der Waals surface area contributed by atoms with Crippen LogP contribution in [0.1, 0.15) is 31.9 Å². The number of piperazine rings is 1. The van der Waals surface area contributed by atoms with Crippen molar-refractivity contribution in [3.05, 3.63) is 60.1 Å². The van der Waals surface area contributed by atoms with Crippen molar-refractivity contribution in [3.63, 3.8) is 0 Å². The first-order valence-corrected chi connectivity index (χ1v) is 11.1. The van der Waals surface area contributed by atoms with Crippen LogP contribution in [0.2, 0.25) is 0 Å². The maximum Gasteiger partial charge on any atom is 0.314 e. The minimum Gasteiger partial charge on any atom is -0.415 e. The molecule has 1 aliphatic rings. The summed E-state index contributed by atoms with van der Waals surface area (Å²) >= 11 is 0. The smallest absolute Gasteiger partial charge is 0.314 e. The van der Waals surface area contributed by atoms with Gasteiger partial charge < -0.3 is 14.6 Å². The number of hydrogen-bond acceptors (Lipinski definition) is 8. The van der Waals surface area contributed by atoms with Crippen LogP contribution in [-0.4, -0.2) is 55.3 Å². The molecule has 5 rings (SSSR count). The predicted molar refractivity (Wildman–Crippen MR) is 121 cm³/mol. The topological polar surface area (TPSA) is 97.8 Å². The minimum absolute atomic E-state index is 0.0394. The molecule has 182 valence electrons. The molecule has 1 aromatic carbocycles. The van der Waals surface area contributed by atoms with E-state index in [1.54, 1.807) is 6.20 Å². The third kappa shape index (κ3) is 5.02. The van der Waals surface area contributed by atoms with Crippen molar-refractivity contribution in [1.82, 2.24) is 35.5 Å². The van der Waals surface area contributed by atoms with Crippen molar-refractivity contribution in [2.75, 3.05) is 18.0 Å². The van der Waals surface area contributed by atoms with E-state index >= 15 is 0 Å². The summed E-state index contributed by atoms with van der Waals surface area (Å²) in [5, 5.41) is 18.6. The second-order valence-electron chi connectivity index (χ2n) is 8.62. The highest BCUT2D eigenvalue weighted by atomic mass is 19.3. The Hall–Kier alpha value is -3.80. The van der Waals surface area contributed by atoms with Gasteiger partial charge in [0.05, 0.1) is 24.0 Å². The van der Waals surface area contributed by atoms with Gasteiger partial charge in [0.25, 0.3) is 5.89 Å². The lowest BCUT2D eigenvalue weighted by atomic mass is 10.1. The van der Waals surface area contributed by atoms with Gasteiger partial charge in [-0.05, 0) is 32.0 Å². The van der Waals surface area contributed by atoms with Gasteiger partial charge in [0.15, 0.2) is 0 Å². The Morgan fingerprint density at radius 1 is 1.09 bits per heavy atom. The van der Waals surface area contributed by atoms with Crippen LogP contribution in [0, 0.1) is 5.82 Å². The first kappa shape index (κ1) is 23.0. The van der Waals surface area contributed by atoms with Crippen LogP contribution in [0.4, 0.5) is 18.9 Å². The van der Waals surface area contributed by atoms with Gasteiger partial charge in [-0.15, -0.1) is 15.3 Å². The zero-order valence-electron chi connectivity index (χ0n) is 19.1. The average molecular weight is 484 g/mol. The molecule has 0 bridgehead atoms. The van der Waals surface area contributed by atoms with Crippen molar-refractivity contribution < 1.29 is 17.6 Å². The number of anilines is 1. The van der Waals surface area contributed by atoms with Gasteiger partial charge in [-0.1, -0.05) is 17.3 Å². The van der Waals surface area contributed by atoms with Gasteiger partial charge in [-0.2, -0.15) is 8.78 Å². The van der Waals surface area contributed by atoms with Crippen molar-refractivity contribution in [2.24, 2.45) is 0 Å². The van der Waals surface area contributed by atoms with E-state index < -0.39 is 18.1 Å². The lowest BCUT2D eigenvalue weighted by Crippen LogP contribution is -2.54. The van der Waals surface area contributed by atoms with E-state index in [0.717, 1.165) is 30.4 Å². The molecule has 0 spiro atoms. The molecule has 4 heterocycles. The second kappa shape index (κ2) is 9.45. The van der Waals surface area contributed by atoms with E-state index in [1.807, 2.05) is 12.1 Å². The van der Waals surface area contributed by atoms with Gasteiger partial charge >= 0.3 is 6.43 Å². The fourth-order valence-corrected chi connectivity index (χ4v) is 4.20. The maximum absolute atomic E-state index is 14.7. The summed E-state index contributed by atoms with van der Waals surface area (Å²) in [6.45, 7) is 6.20. The van der Waals surface area contributed by atoms with E-state index in [2.05, 4.69) is 61.7 Å². The van der Waals surface area contributed by atoms with Crippen LogP contribution in [0.25, 0.3) is 22.7 Å². The molecule has 0 amide bonds. The summed E-state index contributed by atoms with van der Waals surface area (Å²) in [7, 11) is 0. The molecule has 9 nitrogen and oxygen atoms in total. The molecule has 12 heteroatoms. The Balaban J connectivity index is 1.31. The van der Waals surface area contributed by atoms with Crippen molar-refractivity contribution in [1.29, 1.82) is 0 Å². The number of nitrogens with zero attached hydrogens (tertiary/aromatic N) is 7. The fraction of sp³-hybridized carbons (Fsp3) is 0.348. The zero-order valence-corrected chi connectivity index (χ0v) is 19.1. The molecule has 1 saturated heterocycles. The maximum atomic E-state index is 14.7. The third-order valence-corrected chi connectivity index (χ3v) is 5.71. The summed E-state index contributed by atoms with van der Waals surface area (Å²) in [6.07, 6.45) is 0.113. The zero-order chi connectivity index (χ0) is 24.5. The number of alkyl halides is 2. The first-order valence-electron chi connectivity index (χ1n) is 11.1. The van der Waals surface area contributed by atoms with E-state index in [0.29, 0.717) is 17.8 Å². The number of hydrogen-bond donors (Lipinski definition) is 1. The monoisotopic (exact) mass is 484 g/mol. The number of pyridine rings is 1. The molecule has 4 aromatic rings. The molecule has 2 atom stereocenters. The lowest BCUT2D eigenvalue weighted by molar-refractivity contribution is 0.116. The highest BCUT2D eigenvalue weighted by Crippen LogP contribution is 2.26. The molecule has 0 aliphatic carbocycles. The summed E-state index contributed by atoms with van der Waals surface area (Å²) in [6, 6.07) is 9.99. The van der Waals surface area contributed by atoms with E-state index in [9.17, 15) is 13.2 Å². The molecular weight excluding hydrogens is 461 g/mol. The minimum atomic E-state index is -2.90. The molecular formula is C23H23F3N8O. The number of benzene rings is 1. The van der Waals surface area contributed by atoms with Gasteiger partial charge in [-0.25, -0.2) is 9.07 Å². The normalized spacial score (nSPS) is 18.4. The standard InChI is InChI=1S/C23H23F3N8O/c1-13-9-33(10-14(2)28-13)17-5-3-4-15(6-17)19-11-34(32-29-19)12-20-18(24)7-16(8-27-20)22-30-31-23(35-22)21(25)26/h3-8,11,13-14,21,28H,9-10,12H2,1-2H3/t13-,14+. The van der Waals surface area contributed by atoms with Gasteiger partial charge in [0.2, 0.25) is 5.89 Å². The summed E-state index contributed by atoms with van der Waals surface area (Å²) in [5.74, 6) is -1.71. The van der Waals surface area contributed by atoms with Crippen LogP contribution in [0.3, 0.4) is 0 Å². The van der Waals surface area contributed by atoms with Gasteiger partial charge in [-0.3, -0.25) is 4.98 Å². The van der Waals surface area contributed by atoms with Crippen LogP contribution in [-0.2, 0) is 6.54 Å². The Labute approximate surface area is 199 Å². The van der Waals surface area contributed by atoms with Crippen molar-refractivity contribution in [2.45, 2.75) is 38.9 Å². The second-order valence-corrected chi connectivity index (χ2v) is 8.62. The predicted octanol–water partition coefficient (Wildman–Crippen LogP) is 3.70. The number of rotatable bonds is 6. The van der Waals surface area contributed by atoms with Crippen LogP contribution >= 0.6 is 0 Å². The Morgan fingerprint density at radius 3 is 2.60 bits per heavy atom. The quantitative estimate of drug-likeness (QED) is 0.443. The molecule has 0 saturated carbocycles. The average Bonchev–Trinajstić information content (AvgIpc) is 3.50. The summed E-state index contributed by atoms with van der Waals surface area (Å²) < 4.78 is 46.3. The Kier molecular flexibility index (Phi) is 6.20. The first-order chi connectivity index (χ1) is 16.9. The summed E-state index contributed by atoms with van der Waals surface area (Å²) in [5.41, 5.74) is 2.89.